The van der Waals surface area contributed by atoms with Crippen LogP contribution in [0.4, 0.5) is 0 Å². The second-order valence-electron chi connectivity index (χ2n) is 7.94. The van der Waals surface area contributed by atoms with E-state index in [0.29, 0.717) is 18.2 Å². The molecular formula is C22H30N4O3S2. The number of carbonyl (C=O) groups excluding carboxylic acids is 1. The molecule has 7 nitrogen and oxygen atoms in total. The molecular weight excluding hydrogens is 432 g/mol. The average Bonchev–Trinajstić information content (AvgIpc) is 3.17. The van der Waals surface area contributed by atoms with Gasteiger partial charge >= 0.3 is 0 Å². The lowest BCUT2D eigenvalue weighted by molar-refractivity contribution is -0.118. The summed E-state index contributed by atoms with van der Waals surface area (Å²) in [5.74, 6) is 0.217. The molecule has 0 saturated carbocycles. The van der Waals surface area contributed by atoms with Gasteiger partial charge in [-0.2, -0.15) is 0 Å². The molecule has 0 spiro atoms. The summed E-state index contributed by atoms with van der Waals surface area (Å²) in [6, 6.07) is 0. The summed E-state index contributed by atoms with van der Waals surface area (Å²) in [7, 11) is 0. The number of thiophene rings is 1. The van der Waals surface area contributed by atoms with Crippen molar-refractivity contribution >= 4 is 39.2 Å². The summed E-state index contributed by atoms with van der Waals surface area (Å²) < 4.78 is 7.01. The van der Waals surface area contributed by atoms with E-state index in [9.17, 15) is 9.59 Å². The highest BCUT2D eigenvalue weighted by Crippen LogP contribution is 2.34. The molecule has 1 saturated heterocycles. The number of carbonyl (C=O) groups is 1. The molecule has 9 heteroatoms. The van der Waals surface area contributed by atoms with Crippen molar-refractivity contribution in [1.29, 1.82) is 0 Å². The van der Waals surface area contributed by atoms with Crippen LogP contribution in [0, 0.1) is 0 Å². The number of rotatable bonds is 9. The number of nitrogens with zero attached hydrogens (tertiary/aromatic N) is 3. The summed E-state index contributed by atoms with van der Waals surface area (Å²) in [5.41, 5.74) is 1.19. The fraction of sp³-hybridized carbons (Fsp3) is 0.591. The number of morpholine rings is 1. The molecule has 1 N–H and O–H groups in total. The second kappa shape index (κ2) is 10.8. The molecule has 168 valence electrons. The predicted octanol–water partition coefficient (Wildman–Crippen LogP) is 2.45. The molecule has 0 atom stereocenters. The Balaban J connectivity index is 1.38. The summed E-state index contributed by atoms with van der Waals surface area (Å²) in [6.07, 6.45) is 6.92. The zero-order valence-electron chi connectivity index (χ0n) is 17.9. The first kappa shape index (κ1) is 22.5. The SMILES string of the molecule is C=CCn1c(SCC(=O)NCCCN2CCOCC2)nc2sc3c(c2c1=O)CCCC3. The summed E-state index contributed by atoms with van der Waals surface area (Å²) in [6.45, 7) is 9.32. The van der Waals surface area contributed by atoms with Crippen molar-refractivity contribution in [2.24, 2.45) is 0 Å². The van der Waals surface area contributed by atoms with E-state index in [1.165, 1.54) is 28.6 Å². The van der Waals surface area contributed by atoms with Gasteiger partial charge in [0.05, 0.1) is 24.4 Å². The number of thioether (sulfide) groups is 1. The topological polar surface area (TPSA) is 76.5 Å². The summed E-state index contributed by atoms with van der Waals surface area (Å²) in [4.78, 5) is 34.8. The normalized spacial score (nSPS) is 16.9. The third-order valence-corrected chi connectivity index (χ3v) is 7.92. The molecule has 2 aromatic heterocycles. The van der Waals surface area contributed by atoms with Crippen LogP contribution in [0.15, 0.2) is 22.6 Å². The number of aromatic nitrogens is 2. The number of fused-ring (bicyclic) bond motifs is 3. The van der Waals surface area contributed by atoms with E-state index in [1.807, 2.05) is 0 Å². The standard InChI is InChI=1S/C22H30N4O3S2/c1-2-9-26-21(28)19-16-6-3-4-7-17(16)31-20(19)24-22(26)30-15-18(27)23-8-5-10-25-11-13-29-14-12-25/h2H,1,3-15H2,(H,23,27). The lowest BCUT2D eigenvalue weighted by atomic mass is 9.97. The van der Waals surface area contributed by atoms with E-state index in [2.05, 4.69) is 16.8 Å². The van der Waals surface area contributed by atoms with Gasteiger partial charge in [0, 0.05) is 31.1 Å². The Labute approximate surface area is 190 Å². The van der Waals surface area contributed by atoms with Crippen LogP contribution >= 0.6 is 23.1 Å². The lowest BCUT2D eigenvalue weighted by Gasteiger charge is -2.26. The molecule has 1 amide bonds. The minimum atomic E-state index is -0.0306. The van der Waals surface area contributed by atoms with Crippen molar-refractivity contribution in [1.82, 2.24) is 19.8 Å². The van der Waals surface area contributed by atoms with Gasteiger partial charge < -0.3 is 10.1 Å². The zero-order valence-corrected chi connectivity index (χ0v) is 19.5. The van der Waals surface area contributed by atoms with Gasteiger partial charge in [0.1, 0.15) is 4.83 Å². The first-order valence-electron chi connectivity index (χ1n) is 11.0. The molecule has 0 unspecified atom stereocenters. The minimum Gasteiger partial charge on any atom is -0.379 e. The average molecular weight is 463 g/mol. The molecule has 1 aliphatic heterocycles. The van der Waals surface area contributed by atoms with Gasteiger partial charge in [-0.1, -0.05) is 17.8 Å². The van der Waals surface area contributed by atoms with Crippen LogP contribution < -0.4 is 10.9 Å². The molecule has 2 aromatic rings. The summed E-state index contributed by atoms with van der Waals surface area (Å²) in [5, 5.41) is 4.36. The van der Waals surface area contributed by atoms with E-state index in [0.717, 1.165) is 68.7 Å². The van der Waals surface area contributed by atoms with E-state index in [1.54, 1.807) is 22.0 Å². The van der Waals surface area contributed by atoms with Gasteiger partial charge in [-0.3, -0.25) is 19.1 Å². The highest BCUT2D eigenvalue weighted by Gasteiger charge is 2.22. The first-order chi connectivity index (χ1) is 15.2. The van der Waals surface area contributed by atoms with Gasteiger partial charge in [0.15, 0.2) is 5.16 Å². The van der Waals surface area contributed by atoms with Crippen LogP contribution in [0.5, 0.6) is 0 Å². The number of ether oxygens (including phenoxy) is 1. The molecule has 4 rings (SSSR count). The second-order valence-corrected chi connectivity index (χ2v) is 9.96. The number of hydrogen-bond donors (Lipinski definition) is 1. The fourth-order valence-corrected chi connectivity index (χ4v) is 6.30. The van der Waals surface area contributed by atoms with Crippen LogP contribution in [0.1, 0.15) is 29.7 Å². The van der Waals surface area contributed by atoms with E-state index in [-0.39, 0.29) is 17.2 Å². The van der Waals surface area contributed by atoms with Crippen LogP contribution in [-0.4, -0.2) is 65.5 Å². The van der Waals surface area contributed by atoms with Crippen molar-refractivity contribution in [2.75, 3.05) is 45.1 Å². The smallest absolute Gasteiger partial charge is 0.263 e. The Morgan fingerprint density at radius 2 is 2.10 bits per heavy atom. The predicted molar refractivity (Wildman–Crippen MR) is 126 cm³/mol. The van der Waals surface area contributed by atoms with E-state index >= 15 is 0 Å². The Morgan fingerprint density at radius 3 is 2.90 bits per heavy atom. The van der Waals surface area contributed by atoms with Crippen molar-refractivity contribution in [3.05, 3.63) is 33.4 Å². The number of allylic oxidation sites excluding steroid dienone is 1. The van der Waals surface area contributed by atoms with Gasteiger partial charge in [-0.05, 0) is 44.2 Å². The third kappa shape index (κ3) is 5.39. The first-order valence-corrected chi connectivity index (χ1v) is 12.8. The maximum Gasteiger partial charge on any atom is 0.263 e. The molecule has 31 heavy (non-hydrogen) atoms. The van der Waals surface area contributed by atoms with Gasteiger partial charge in [-0.25, -0.2) is 4.98 Å². The highest BCUT2D eigenvalue weighted by atomic mass is 32.2. The van der Waals surface area contributed by atoms with Crippen molar-refractivity contribution in [3.63, 3.8) is 0 Å². The van der Waals surface area contributed by atoms with Crippen LogP contribution in [0.25, 0.3) is 10.2 Å². The Kier molecular flexibility index (Phi) is 7.81. The van der Waals surface area contributed by atoms with Crippen molar-refractivity contribution in [2.45, 2.75) is 43.8 Å². The molecule has 0 bridgehead atoms. The van der Waals surface area contributed by atoms with Crippen LogP contribution in [0.2, 0.25) is 0 Å². The van der Waals surface area contributed by atoms with E-state index in [4.69, 9.17) is 9.72 Å². The van der Waals surface area contributed by atoms with Gasteiger partial charge in [-0.15, -0.1) is 17.9 Å². The number of hydrogen-bond acceptors (Lipinski definition) is 7. The number of amides is 1. The van der Waals surface area contributed by atoms with Crippen LogP contribution in [-0.2, 0) is 28.9 Å². The molecule has 0 radical (unpaired) electrons. The lowest BCUT2D eigenvalue weighted by Crippen LogP contribution is -2.38. The molecule has 1 aliphatic carbocycles. The largest absolute Gasteiger partial charge is 0.379 e. The Morgan fingerprint density at radius 1 is 1.29 bits per heavy atom. The molecule has 2 aliphatic rings. The van der Waals surface area contributed by atoms with Crippen molar-refractivity contribution in [3.8, 4) is 0 Å². The maximum atomic E-state index is 13.2. The number of nitrogens with one attached hydrogen (secondary N) is 1. The van der Waals surface area contributed by atoms with Gasteiger partial charge in [0.2, 0.25) is 5.91 Å². The molecule has 3 heterocycles. The number of aryl methyl sites for hydroxylation is 2. The summed E-state index contributed by atoms with van der Waals surface area (Å²) >= 11 is 2.97. The van der Waals surface area contributed by atoms with Crippen molar-refractivity contribution < 1.29 is 9.53 Å². The minimum absolute atomic E-state index is 0.00211. The zero-order chi connectivity index (χ0) is 21.6. The Bertz CT molecular complexity index is 995. The van der Waals surface area contributed by atoms with Gasteiger partial charge in [0.25, 0.3) is 5.56 Å². The van der Waals surface area contributed by atoms with E-state index < -0.39 is 0 Å². The van der Waals surface area contributed by atoms with Crippen LogP contribution in [0.3, 0.4) is 0 Å². The molecule has 0 aromatic carbocycles. The quantitative estimate of drug-likeness (QED) is 0.267. The fourth-order valence-electron chi connectivity index (χ4n) is 4.16. The maximum absolute atomic E-state index is 13.2. The monoisotopic (exact) mass is 462 g/mol. The highest BCUT2D eigenvalue weighted by molar-refractivity contribution is 7.99. The third-order valence-electron chi connectivity index (χ3n) is 5.76. The Hall–Kier alpha value is -1.68. The molecule has 1 fully saturated rings.